The molecule has 0 spiro atoms. The third kappa shape index (κ3) is 3.13. The van der Waals surface area contributed by atoms with Crippen molar-refractivity contribution in [2.75, 3.05) is 17.1 Å². The van der Waals surface area contributed by atoms with E-state index >= 15 is 0 Å². The number of benzene rings is 1. The van der Waals surface area contributed by atoms with Gasteiger partial charge in [-0.3, -0.25) is 9.10 Å². The number of sulfonamides is 1. The molecule has 4 aliphatic carbocycles. The van der Waals surface area contributed by atoms with Crippen LogP contribution >= 0.6 is 0 Å². The molecule has 142 valence electrons. The molecule has 1 amide bonds. The molecule has 0 atom stereocenters. The van der Waals surface area contributed by atoms with Gasteiger partial charge in [-0.25, -0.2) is 8.42 Å². The third-order valence-electron chi connectivity index (χ3n) is 6.69. The zero-order valence-corrected chi connectivity index (χ0v) is 16.4. The van der Waals surface area contributed by atoms with Crippen LogP contribution in [0, 0.1) is 17.8 Å². The summed E-state index contributed by atoms with van der Waals surface area (Å²) in [5.74, 6) is 2.39. The fourth-order valence-corrected chi connectivity index (χ4v) is 6.58. The Morgan fingerprint density at radius 2 is 1.58 bits per heavy atom. The summed E-state index contributed by atoms with van der Waals surface area (Å²) in [6.45, 7) is 1.62. The van der Waals surface area contributed by atoms with Crippen LogP contribution in [0.4, 0.5) is 5.69 Å². The molecule has 1 aromatic rings. The van der Waals surface area contributed by atoms with Crippen LogP contribution in [-0.2, 0) is 10.0 Å². The summed E-state index contributed by atoms with van der Waals surface area (Å²) in [6.07, 6.45) is 7.42. The van der Waals surface area contributed by atoms with Crippen molar-refractivity contribution < 1.29 is 13.2 Å². The Bertz CT molecular complexity index is 766. The first-order valence-corrected chi connectivity index (χ1v) is 11.3. The molecule has 4 fully saturated rings. The lowest BCUT2D eigenvalue weighted by molar-refractivity contribution is -0.0167. The largest absolute Gasteiger partial charge is 0.347 e. The van der Waals surface area contributed by atoms with Gasteiger partial charge in [0.1, 0.15) is 0 Å². The third-order valence-corrected chi connectivity index (χ3v) is 8.47. The van der Waals surface area contributed by atoms with Gasteiger partial charge in [-0.1, -0.05) is 0 Å². The number of carbonyl (C=O) groups is 1. The van der Waals surface area contributed by atoms with Gasteiger partial charge >= 0.3 is 0 Å². The van der Waals surface area contributed by atoms with Crippen LogP contribution in [0.3, 0.4) is 0 Å². The summed E-state index contributed by atoms with van der Waals surface area (Å²) < 4.78 is 25.2. The van der Waals surface area contributed by atoms with E-state index < -0.39 is 10.0 Å². The quantitative estimate of drug-likeness (QED) is 0.858. The normalized spacial score (nSPS) is 32.5. The highest BCUT2D eigenvalue weighted by Gasteiger charge is 2.51. The second-order valence-electron chi connectivity index (χ2n) is 8.57. The van der Waals surface area contributed by atoms with E-state index in [-0.39, 0.29) is 17.2 Å². The van der Waals surface area contributed by atoms with Crippen LogP contribution in [0.15, 0.2) is 24.3 Å². The van der Waals surface area contributed by atoms with Crippen LogP contribution in [0.5, 0.6) is 0 Å². The van der Waals surface area contributed by atoms with Crippen molar-refractivity contribution in [3.63, 3.8) is 0 Å². The maximum absolute atomic E-state index is 12.8. The molecule has 4 aliphatic rings. The fourth-order valence-electron chi connectivity index (χ4n) is 5.75. The van der Waals surface area contributed by atoms with E-state index in [2.05, 4.69) is 5.32 Å². The van der Waals surface area contributed by atoms with Crippen molar-refractivity contribution in [2.45, 2.75) is 51.0 Å². The highest BCUT2D eigenvalue weighted by atomic mass is 32.2. The van der Waals surface area contributed by atoms with Gasteiger partial charge in [0, 0.05) is 18.2 Å². The van der Waals surface area contributed by atoms with Gasteiger partial charge in [0.25, 0.3) is 5.91 Å². The molecule has 5 rings (SSSR count). The monoisotopic (exact) mass is 376 g/mol. The second-order valence-corrected chi connectivity index (χ2v) is 10.9. The summed E-state index contributed by atoms with van der Waals surface area (Å²) in [5, 5.41) is 3.36. The first-order valence-electron chi connectivity index (χ1n) is 9.69. The molecule has 0 heterocycles. The Balaban J connectivity index is 1.47. The highest BCUT2D eigenvalue weighted by Crippen LogP contribution is 2.55. The van der Waals surface area contributed by atoms with Gasteiger partial charge in [-0.2, -0.15) is 0 Å². The minimum Gasteiger partial charge on any atom is -0.347 e. The Morgan fingerprint density at radius 1 is 1.08 bits per heavy atom. The Hall–Kier alpha value is -1.56. The summed E-state index contributed by atoms with van der Waals surface area (Å²) in [7, 11) is -1.74. The molecule has 5 nitrogen and oxygen atoms in total. The van der Waals surface area contributed by atoms with Crippen molar-refractivity contribution in [2.24, 2.45) is 17.8 Å². The average molecular weight is 377 g/mol. The van der Waals surface area contributed by atoms with Crippen molar-refractivity contribution in [1.29, 1.82) is 0 Å². The summed E-state index contributed by atoms with van der Waals surface area (Å²) in [5.41, 5.74) is 1.18. The Morgan fingerprint density at radius 3 is 2.04 bits per heavy atom. The van der Waals surface area contributed by atoms with Crippen LogP contribution < -0.4 is 9.62 Å². The fraction of sp³-hybridized carbons (Fsp3) is 0.650. The standard InChI is InChI=1S/C20H28N2O3S/c1-3-26(24,25)22(2)18-6-4-17(5-7-18)19(23)21-20-11-14-8-15(12-20)10-16(9-14)13-20/h4-7,14-16H,3,8-13H2,1-2H3,(H,21,23). The average Bonchev–Trinajstić information content (AvgIpc) is 2.59. The van der Waals surface area contributed by atoms with E-state index in [4.69, 9.17) is 0 Å². The molecule has 4 saturated carbocycles. The molecule has 0 radical (unpaired) electrons. The molecular formula is C20H28N2O3S. The van der Waals surface area contributed by atoms with Crippen LogP contribution in [0.1, 0.15) is 55.8 Å². The van der Waals surface area contributed by atoms with Gasteiger partial charge in [-0.15, -0.1) is 0 Å². The number of rotatable bonds is 5. The Kier molecular flexibility index (Phi) is 4.29. The Labute approximate surface area is 156 Å². The van der Waals surface area contributed by atoms with Crippen LogP contribution in [0.25, 0.3) is 0 Å². The number of hydrogen-bond donors (Lipinski definition) is 1. The molecule has 26 heavy (non-hydrogen) atoms. The molecule has 1 aromatic carbocycles. The van der Waals surface area contributed by atoms with Gasteiger partial charge < -0.3 is 5.32 Å². The lowest BCUT2D eigenvalue weighted by Gasteiger charge is -2.56. The van der Waals surface area contributed by atoms with E-state index in [1.54, 1.807) is 38.2 Å². The molecule has 0 saturated heterocycles. The van der Waals surface area contributed by atoms with E-state index in [0.717, 1.165) is 37.0 Å². The molecule has 6 heteroatoms. The number of nitrogens with zero attached hydrogens (tertiary/aromatic N) is 1. The predicted octanol–water partition coefficient (Wildman–Crippen LogP) is 3.17. The number of amides is 1. The zero-order valence-electron chi connectivity index (χ0n) is 15.6. The number of carbonyl (C=O) groups excluding carboxylic acids is 1. The summed E-state index contributed by atoms with van der Waals surface area (Å²) in [4.78, 5) is 12.8. The number of nitrogens with one attached hydrogen (secondary N) is 1. The van der Waals surface area contributed by atoms with E-state index in [1.165, 1.54) is 23.6 Å². The van der Waals surface area contributed by atoms with Crippen molar-refractivity contribution >= 4 is 21.6 Å². The number of anilines is 1. The van der Waals surface area contributed by atoms with Gasteiger partial charge in [-0.05, 0) is 87.5 Å². The first-order chi connectivity index (χ1) is 12.3. The van der Waals surface area contributed by atoms with E-state index in [0.29, 0.717) is 11.3 Å². The zero-order chi connectivity index (χ0) is 18.5. The van der Waals surface area contributed by atoms with Crippen molar-refractivity contribution in [1.82, 2.24) is 5.32 Å². The molecule has 0 unspecified atom stereocenters. The molecule has 1 N–H and O–H groups in total. The summed E-state index contributed by atoms with van der Waals surface area (Å²) in [6, 6.07) is 6.88. The summed E-state index contributed by atoms with van der Waals surface area (Å²) >= 11 is 0. The minimum atomic E-state index is -3.29. The topological polar surface area (TPSA) is 66.5 Å². The van der Waals surface area contributed by atoms with Crippen molar-refractivity contribution in [3.8, 4) is 0 Å². The lowest BCUT2D eigenvalue weighted by Crippen LogP contribution is -2.59. The predicted molar refractivity (Wildman–Crippen MR) is 103 cm³/mol. The second kappa shape index (κ2) is 6.25. The van der Waals surface area contributed by atoms with Crippen LogP contribution in [-0.4, -0.2) is 32.7 Å². The maximum Gasteiger partial charge on any atom is 0.251 e. The minimum absolute atomic E-state index is 0.00710. The SMILES string of the molecule is CCS(=O)(=O)N(C)c1ccc(C(=O)NC23CC4CC(CC(C4)C2)C3)cc1. The lowest BCUT2D eigenvalue weighted by atomic mass is 9.53. The van der Waals surface area contributed by atoms with E-state index in [1.807, 2.05) is 0 Å². The first kappa shape index (κ1) is 17.8. The number of hydrogen-bond acceptors (Lipinski definition) is 3. The molecule has 0 aliphatic heterocycles. The van der Waals surface area contributed by atoms with E-state index in [9.17, 15) is 13.2 Å². The highest BCUT2D eigenvalue weighted by molar-refractivity contribution is 7.92. The smallest absolute Gasteiger partial charge is 0.251 e. The van der Waals surface area contributed by atoms with Gasteiger partial charge in [0.15, 0.2) is 0 Å². The van der Waals surface area contributed by atoms with Gasteiger partial charge in [0.2, 0.25) is 10.0 Å². The molecule has 4 bridgehead atoms. The van der Waals surface area contributed by atoms with Crippen LogP contribution in [0.2, 0.25) is 0 Å². The molecule has 0 aromatic heterocycles. The maximum atomic E-state index is 12.8. The van der Waals surface area contributed by atoms with Gasteiger partial charge in [0.05, 0.1) is 11.4 Å². The molecular weight excluding hydrogens is 348 g/mol. The van der Waals surface area contributed by atoms with Crippen molar-refractivity contribution in [3.05, 3.63) is 29.8 Å².